The van der Waals surface area contributed by atoms with Crippen LogP contribution in [-0.4, -0.2) is 26.1 Å². The molecule has 4 heteroatoms. The van der Waals surface area contributed by atoms with E-state index in [2.05, 4.69) is 30.1 Å². The molecule has 1 aromatic heterocycles. The molecule has 17 heavy (non-hydrogen) atoms. The summed E-state index contributed by atoms with van der Waals surface area (Å²) in [5, 5.41) is 1.32. The zero-order chi connectivity index (χ0) is 12.0. The maximum atomic E-state index is 11.7. The first-order valence-electron chi connectivity index (χ1n) is 5.85. The van der Waals surface area contributed by atoms with E-state index in [0.717, 1.165) is 13.0 Å². The number of hydrogen-bond donors (Lipinski definition) is 1. The van der Waals surface area contributed by atoms with Crippen molar-refractivity contribution in [3.05, 3.63) is 35.5 Å². The van der Waals surface area contributed by atoms with Gasteiger partial charge in [0.1, 0.15) is 6.26 Å². The van der Waals surface area contributed by atoms with Crippen LogP contribution < -0.4 is 0 Å². The van der Waals surface area contributed by atoms with E-state index in [0.29, 0.717) is 6.04 Å². The first-order valence-corrected chi connectivity index (χ1v) is 7.37. The molecule has 1 unspecified atom stereocenters. The van der Waals surface area contributed by atoms with Gasteiger partial charge in [0.25, 0.3) is 0 Å². The minimum Gasteiger partial charge on any atom is -0.598 e. The van der Waals surface area contributed by atoms with Gasteiger partial charge in [0.2, 0.25) is 0 Å². The summed E-state index contributed by atoms with van der Waals surface area (Å²) in [7, 11) is 0. The molecule has 0 amide bonds. The van der Waals surface area contributed by atoms with E-state index in [1.807, 2.05) is 10.4 Å². The second-order valence-corrected chi connectivity index (χ2v) is 6.00. The lowest BCUT2D eigenvalue weighted by atomic mass is 10.00. The highest BCUT2D eigenvalue weighted by atomic mass is 32.2. The van der Waals surface area contributed by atoms with Crippen LogP contribution in [0.25, 0.3) is 10.9 Å². The number of aromatic amines is 1. The van der Waals surface area contributed by atoms with Gasteiger partial charge < -0.3 is 9.54 Å². The molecular weight excluding hydrogens is 232 g/mol. The molecule has 1 aromatic carbocycles. The smallest absolute Gasteiger partial charge is 0.115 e. The van der Waals surface area contributed by atoms with E-state index in [1.165, 1.54) is 22.2 Å². The number of rotatable bonds is 1. The normalized spacial score (nSPS) is 22.6. The Morgan fingerprint density at radius 1 is 1.41 bits per heavy atom. The molecular formula is C13H16N2OS. The highest BCUT2D eigenvalue weighted by Gasteiger charge is 2.31. The Kier molecular flexibility index (Phi) is 2.65. The summed E-state index contributed by atoms with van der Waals surface area (Å²) in [4.78, 5) is 3.45. The molecule has 0 spiro atoms. The summed E-state index contributed by atoms with van der Waals surface area (Å²) in [5.74, 6) is 0. The predicted octanol–water partition coefficient (Wildman–Crippen LogP) is 2.21. The second kappa shape index (κ2) is 4.05. The highest BCUT2D eigenvalue weighted by Crippen LogP contribution is 2.30. The van der Waals surface area contributed by atoms with Gasteiger partial charge in [0.05, 0.1) is 12.6 Å². The van der Waals surface area contributed by atoms with Crippen molar-refractivity contribution in [3.63, 3.8) is 0 Å². The number of nitrogens with one attached hydrogen (secondary N) is 1. The lowest BCUT2D eigenvalue weighted by Gasteiger charge is -2.31. The average Bonchev–Trinajstić information content (AvgIpc) is 2.65. The number of H-pyrrole nitrogens is 1. The Morgan fingerprint density at radius 2 is 2.18 bits per heavy atom. The number of aromatic nitrogens is 1. The first-order chi connectivity index (χ1) is 8.16. The summed E-state index contributed by atoms with van der Waals surface area (Å²) in [5.41, 5.74) is 3.81. The molecule has 3 rings (SSSR count). The lowest BCUT2D eigenvalue weighted by Crippen LogP contribution is -2.41. The molecule has 0 radical (unpaired) electrons. The van der Waals surface area contributed by atoms with Crippen LogP contribution in [0.3, 0.4) is 0 Å². The minimum atomic E-state index is -0.898. The van der Waals surface area contributed by atoms with Crippen LogP contribution in [0.1, 0.15) is 18.2 Å². The van der Waals surface area contributed by atoms with Crippen molar-refractivity contribution in [1.82, 2.24) is 9.29 Å². The topological polar surface area (TPSA) is 42.1 Å². The van der Waals surface area contributed by atoms with Crippen molar-refractivity contribution in [2.75, 3.05) is 6.26 Å². The van der Waals surface area contributed by atoms with Gasteiger partial charge >= 0.3 is 0 Å². The molecule has 0 saturated heterocycles. The first kappa shape index (κ1) is 11.1. The van der Waals surface area contributed by atoms with E-state index in [4.69, 9.17) is 0 Å². The third-order valence-electron chi connectivity index (χ3n) is 3.54. The average molecular weight is 248 g/mol. The Labute approximate surface area is 104 Å². The largest absolute Gasteiger partial charge is 0.598 e. The maximum absolute atomic E-state index is 11.7. The van der Waals surface area contributed by atoms with Gasteiger partial charge in [-0.25, -0.2) is 0 Å². The van der Waals surface area contributed by atoms with Gasteiger partial charge in [-0.05, 0) is 25.0 Å². The summed E-state index contributed by atoms with van der Waals surface area (Å²) in [6.45, 7) is 2.90. The Balaban J connectivity index is 2.09. The zero-order valence-electron chi connectivity index (χ0n) is 10.1. The molecule has 2 aromatic rings. The van der Waals surface area contributed by atoms with Crippen LogP contribution in [0.4, 0.5) is 0 Å². The summed E-state index contributed by atoms with van der Waals surface area (Å²) in [6, 6.07) is 8.73. The monoisotopic (exact) mass is 248 g/mol. The standard InChI is InChI=1S/C13H16N2OS/c1-9-7-11-10-5-3-4-6-12(10)14-13(11)8-15(9)17(2)16/h3-6,9,14H,7-8H2,1-2H3/t9-,17?/m1/s1. The molecule has 0 fully saturated rings. The molecule has 0 aliphatic carbocycles. The Morgan fingerprint density at radius 3 is 2.94 bits per heavy atom. The molecule has 2 atom stereocenters. The van der Waals surface area contributed by atoms with Crippen LogP contribution in [0.2, 0.25) is 0 Å². The van der Waals surface area contributed by atoms with E-state index in [1.54, 1.807) is 6.26 Å². The summed E-state index contributed by atoms with van der Waals surface area (Å²) >= 11 is -0.898. The molecule has 2 heterocycles. The van der Waals surface area contributed by atoms with Crippen molar-refractivity contribution in [2.24, 2.45) is 0 Å². The van der Waals surface area contributed by atoms with E-state index >= 15 is 0 Å². The third kappa shape index (κ3) is 1.76. The van der Waals surface area contributed by atoms with Crippen LogP contribution in [-0.2, 0) is 24.3 Å². The lowest BCUT2D eigenvalue weighted by molar-refractivity contribution is 0.309. The van der Waals surface area contributed by atoms with Crippen LogP contribution in [0.15, 0.2) is 24.3 Å². The number of hydrogen-bond acceptors (Lipinski definition) is 2. The highest BCUT2D eigenvalue weighted by molar-refractivity contribution is 7.88. The fourth-order valence-electron chi connectivity index (χ4n) is 2.68. The fourth-order valence-corrected chi connectivity index (χ4v) is 3.57. The number of benzene rings is 1. The molecule has 0 bridgehead atoms. The van der Waals surface area contributed by atoms with Gasteiger partial charge in [-0.15, -0.1) is 4.31 Å². The van der Waals surface area contributed by atoms with Gasteiger partial charge in [-0.3, -0.25) is 0 Å². The van der Waals surface area contributed by atoms with E-state index in [9.17, 15) is 4.55 Å². The Hall–Kier alpha value is -0.970. The van der Waals surface area contributed by atoms with Crippen molar-refractivity contribution in [2.45, 2.75) is 25.9 Å². The van der Waals surface area contributed by atoms with Gasteiger partial charge in [-0.2, -0.15) is 0 Å². The van der Waals surface area contributed by atoms with Gasteiger partial charge in [0.15, 0.2) is 0 Å². The van der Waals surface area contributed by atoms with Gasteiger partial charge in [-0.1, -0.05) is 18.2 Å². The van der Waals surface area contributed by atoms with Crippen LogP contribution >= 0.6 is 0 Å². The van der Waals surface area contributed by atoms with Crippen molar-refractivity contribution < 1.29 is 4.55 Å². The minimum absolute atomic E-state index is 0.340. The molecule has 0 saturated carbocycles. The van der Waals surface area contributed by atoms with Crippen molar-refractivity contribution in [1.29, 1.82) is 0 Å². The number of fused-ring (bicyclic) bond motifs is 3. The quantitative estimate of drug-likeness (QED) is 0.786. The molecule has 1 N–H and O–H groups in total. The van der Waals surface area contributed by atoms with E-state index < -0.39 is 11.4 Å². The second-order valence-electron chi connectivity index (χ2n) is 4.68. The van der Waals surface area contributed by atoms with Crippen molar-refractivity contribution >= 4 is 22.3 Å². The SMILES string of the molecule is C[C@@H]1Cc2c([nH]c3ccccc23)CN1[S+](C)[O-]. The van der Waals surface area contributed by atoms with Crippen LogP contribution in [0, 0.1) is 0 Å². The molecule has 90 valence electrons. The maximum Gasteiger partial charge on any atom is 0.115 e. The molecule has 1 aliphatic rings. The molecule has 3 nitrogen and oxygen atoms in total. The summed E-state index contributed by atoms with van der Waals surface area (Å²) in [6.07, 6.45) is 2.73. The Bertz CT molecular complexity index is 549. The van der Waals surface area contributed by atoms with Gasteiger partial charge in [0, 0.05) is 28.0 Å². The number of para-hydroxylation sites is 1. The van der Waals surface area contributed by atoms with E-state index in [-0.39, 0.29) is 0 Å². The zero-order valence-corrected chi connectivity index (χ0v) is 10.9. The number of nitrogens with zero attached hydrogens (tertiary/aromatic N) is 1. The summed E-state index contributed by atoms with van der Waals surface area (Å²) < 4.78 is 13.7. The third-order valence-corrected chi connectivity index (χ3v) is 4.69. The van der Waals surface area contributed by atoms with Crippen LogP contribution in [0.5, 0.6) is 0 Å². The fraction of sp³-hybridized carbons (Fsp3) is 0.385. The molecule has 1 aliphatic heterocycles. The van der Waals surface area contributed by atoms with Crippen molar-refractivity contribution in [3.8, 4) is 0 Å². The predicted molar refractivity (Wildman–Crippen MR) is 71.1 cm³/mol.